The molecule has 5 heteroatoms. The first-order valence-corrected chi connectivity index (χ1v) is 13.8. The maximum absolute atomic E-state index is 10.9. The molecular weight excluding hydrogens is 400 g/mol. The first-order valence-electron chi connectivity index (χ1n) is 13.8. The van der Waals surface area contributed by atoms with Crippen molar-refractivity contribution < 1.29 is 14.8 Å². The normalized spacial score (nSPS) is 10.8. The van der Waals surface area contributed by atoms with Gasteiger partial charge in [0.25, 0.3) is 0 Å². The van der Waals surface area contributed by atoms with Gasteiger partial charge in [-0.05, 0) is 12.8 Å². The fourth-order valence-corrected chi connectivity index (χ4v) is 4.29. The zero-order valence-electron chi connectivity index (χ0n) is 20.9. The molecule has 2 N–H and O–H groups in total. The van der Waals surface area contributed by atoms with E-state index >= 15 is 0 Å². The first kappa shape index (κ1) is 30.8. The summed E-state index contributed by atoms with van der Waals surface area (Å²) in [5, 5.41) is 8.42. The summed E-state index contributed by atoms with van der Waals surface area (Å²) in [6, 6.07) is 0. The molecule has 0 saturated heterocycles. The van der Waals surface area contributed by atoms with Gasteiger partial charge in [-0.15, -0.1) is 0 Å². The Balaban J connectivity index is 3.04. The summed E-state index contributed by atoms with van der Waals surface area (Å²) in [7, 11) is 0. The van der Waals surface area contributed by atoms with Gasteiger partial charge < -0.3 is 0 Å². The number of aliphatic imine (C=N–C) groups is 1. The van der Waals surface area contributed by atoms with E-state index in [2.05, 4.69) is 4.99 Å². The summed E-state index contributed by atoms with van der Waals surface area (Å²) in [6.07, 6.45) is 32.3. The lowest BCUT2D eigenvalue weighted by Gasteiger charge is -2.04. The van der Waals surface area contributed by atoms with E-state index in [9.17, 15) is 9.59 Å². The lowest BCUT2D eigenvalue weighted by atomic mass is 10.0. The van der Waals surface area contributed by atoms with E-state index in [1.165, 1.54) is 128 Å². The van der Waals surface area contributed by atoms with E-state index in [-0.39, 0.29) is 5.91 Å². The number of hydrogen-bond donors (Lipinski definition) is 2. The molecule has 0 aromatic heterocycles. The molecule has 0 rings (SSSR count). The molecule has 0 bridgehead atoms. The van der Waals surface area contributed by atoms with Gasteiger partial charge >= 0.3 is 0 Å². The fraction of sp³-hybridized carbons (Fsp3) is 0.926. The molecule has 5 nitrogen and oxygen atoms in total. The average molecular weight is 453 g/mol. The number of nitrogens with one attached hydrogen (secondary N) is 1. The van der Waals surface area contributed by atoms with Gasteiger partial charge in [0.2, 0.25) is 12.0 Å². The molecule has 0 unspecified atom stereocenters. The molecule has 0 aliphatic carbocycles. The van der Waals surface area contributed by atoms with Crippen LogP contribution in [0, 0.1) is 0 Å². The van der Waals surface area contributed by atoms with Crippen molar-refractivity contribution in [1.82, 2.24) is 5.48 Å². The highest BCUT2D eigenvalue weighted by Gasteiger charge is 1.99. The predicted octanol–water partition coefficient (Wildman–Crippen LogP) is 8.19. The van der Waals surface area contributed by atoms with Crippen LogP contribution in [0.2, 0.25) is 0 Å². The number of hydroxylamine groups is 1. The third kappa shape index (κ3) is 26.8. The van der Waals surface area contributed by atoms with E-state index in [1.54, 1.807) is 11.6 Å². The van der Waals surface area contributed by atoms with Crippen molar-refractivity contribution in [3.05, 3.63) is 0 Å². The highest BCUT2D eigenvalue weighted by Crippen LogP contribution is 2.15. The Kier molecular flexibility index (Phi) is 26.8. The first-order chi connectivity index (χ1) is 15.8. The summed E-state index contributed by atoms with van der Waals surface area (Å²) < 4.78 is 0. The van der Waals surface area contributed by atoms with E-state index in [0.717, 1.165) is 19.3 Å². The molecule has 32 heavy (non-hydrogen) atoms. The second kappa shape index (κ2) is 27.8. The number of isocyanates is 1. The van der Waals surface area contributed by atoms with E-state index in [1.807, 2.05) is 0 Å². The van der Waals surface area contributed by atoms with Gasteiger partial charge in [-0.2, -0.15) is 0 Å². The maximum Gasteiger partial charge on any atom is 0.243 e. The lowest BCUT2D eigenvalue weighted by Crippen LogP contribution is -2.17. The lowest BCUT2D eigenvalue weighted by molar-refractivity contribution is -0.129. The average Bonchev–Trinajstić information content (AvgIpc) is 2.81. The van der Waals surface area contributed by atoms with Crippen molar-refractivity contribution in [2.24, 2.45) is 4.99 Å². The number of nitrogens with zero attached hydrogens (tertiary/aromatic N) is 1. The van der Waals surface area contributed by atoms with Crippen molar-refractivity contribution in [3.8, 4) is 0 Å². The Bertz CT molecular complexity index is 437. The number of hydrogen-bond acceptors (Lipinski definition) is 4. The third-order valence-corrected chi connectivity index (χ3v) is 6.36. The van der Waals surface area contributed by atoms with Gasteiger partial charge in [-0.1, -0.05) is 135 Å². The number of unbranched alkanes of at least 4 members (excludes halogenated alkanes) is 22. The third-order valence-electron chi connectivity index (χ3n) is 6.36. The van der Waals surface area contributed by atoms with Crippen LogP contribution < -0.4 is 5.48 Å². The standard InChI is InChI=1S/C27H52N2O3/c30-26-28-25-23-21-19-17-15-13-11-9-7-5-3-1-2-4-6-8-10-12-14-16-18-20-22-24-27(31)29-32/h32H,1-25H2,(H,29,31). The molecule has 0 radical (unpaired) electrons. The van der Waals surface area contributed by atoms with Crippen LogP contribution in [-0.4, -0.2) is 23.7 Å². The van der Waals surface area contributed by atoms with Crippen molar-refractivity contribution in [2.75, 3.05) is 6.54 Å². The molecule has 0 spiro atoms. The highest BCUT2D eigenvalue weighted by atomic mass is 16.5. The van der Waals surface area contributed by atoms with Crippen molar-refractivity contribution >= 4 is 12.0 Å². The van der Waals surface area contributed by atoms with Crippen LogP contribution in [0.15, 0.2) is 4.99 Å². The number of amides is 1. The molecule has 0 aromatic carbocycles. The quantitative estimate of drug-likeness (QED) is 0.0456. The molecular formula is C27H52N2O3. The van der Waals surface area contributed by atoms with Gasteiger partial charge in [0, 0.05) is 6.42 Å². The summed E-state index contributed by atoms with van der Waals surface area (Å²) in [5.41, 5.74) is 1.69. The van der Waals surface area contributed by atoms with Crippen LogP contribution in [0.25, 0.3) is 0 Å². The second-order valence-corrected chi connectivity index (χ2v) is 9.39. The number of carbonyl (C=O) groups is 1. The summed E-state index contributed by atoms with van der Waals surface area (Å²) >= 11 is 0. The number of rotatable bonds is 26. The van der Waals surface area contributed by atoms with E-state index in [0.29, 0.717) is 13.0 Å². The van der Waals surface area contributed by atoms with E-state index < -0.39 is 0 Å². The second-order valence-electron chi connectivity index (χ2n) is 9.39. The van der Waals surface area contributed by atoms with Gasteiger partial charge in [0.1, 0.15) is 0 Å². The largest absolute Gasteiger partial charge is 0.289 e. The topological polar surface area (TPSA) is 78.8 Å². The Hall–Kier alpha value is -1.19. The summed E-state index contributed by atoms with van der Waals surface area (Å²) in [6.45, 7) is 0.655. The van der Waals surface area contributed by atoms with Crippen LogP contribution in [0.5, 0.6) is 0 Å². The van der Waals surface area contributed by atoms with Crippen LogP contribution in [0.1, 0.15) is 154 Å². The fourth-order valence-electron chi connectivity index (χ4n) is 4.29. The minimum atomic E-state index is -0.265. The van der Waals surface area contributed by atoms with Gasteiger partial charge in [-0.25, -0.2) is 15.3 Å². The molecule has 0 aliphatic rings. The van der Waals surface area contributed by atoms with Crippen LogP contribution in [-0.2, 0) is 9.59 Å². The smallest absolute Gasteiger partial charge is 0.243 e. The maximum atomic E-state index is 10.9. The predicted molar refractivity (Wildman–Crippen MR) is 134 cm³/mol. The zero-order valence-corrected chi connectivity index (χ0v) is 20.9. The molecule has 0 heterocycles. The minimum Gasteiger partial charge on any atom is -0.289 e. The Labute approximate surface area is 198 Å². The van der Waals surface area contributed by atoms with Crippen molar-refractivity contribution in [3.63, 3.8) is 0 Å². The Morgan fingerprint density at radius 3 is 1.09 bits per heavy atom. The molecule has 0 aromatic rings. The minimum absolute atomic E-state index is 0.265. The Morgan fingerprint density at radius 1 is 0.531 bits per heavy atom. The van der Waals surface area contributed by atoms with Crippen LogP contribution in [0.3, 0.4) is 0 Å². The molecule has 0 aliphatic heterocycles. The summed E-state index contributed by atoms with van der Waals surface area (Å²) in [5.74, 6) is -0.265. The number of carbonyl (C=O) groups excluding carboxylic acids is 2. The van der Waals surface area contributed by atoms with Crippen LogP contribution in [0.4, 0.5) is 0 Å². The van der Waals surface area contributed by atoms with Gasteiger partial charge in [-0.3, -0.25) is 10.0 Å². The van der Waals surface area contributed by atoms with Crippen molar-refractivity contribution in [1.29, 1.82) is 0 Å². The summed E-state index contributed by atoms with van der Waals surface area (Å²) in [4.78, 5) is 24.4. The van der Waals surface area contributed by atoms with E-state index in [4.69, 9.17) is 5.21 Å². The van der Waals surface area contributed by atoms with Gasteiger partial charge in [0.05, 0.1) is 6.54 Å². The molecule has 1 amide bonds. The molecule has 0 fully saturated rings. The van der Waals surface area contributed by atoms with Crippen molar-refractivity contribution in [2.45, 2.75) is 154 Å². The SMILES string of the molecule is O=C=NCCCCCCCCCCCCCCCCCCCCCCCCCC(=O)NO. The highest BCUT2D eigenvalue weighted by molar-refractivity contribution is 5.74. The monoisotopic (exact) mass is 452 g/mol. The zero-order chi connectivity index (χ0) is 23.4. The molecule has 0 saturated carbocycles. The molecule has 0 atom stereocenters. The van der Waals surface area contributed by atoms with Gasteiger partial charge in [0.15, 0.2) is 0 Å². The van der Waals surface area contributed by atoms with Crippen LogP contribution >= 0.6 is 0 Å². The Morgan fingerprint density at radius 2 is 0.812 bits per heavy atom. The molecule has 188 valence electrons.